The standard InChI is InChI=1S/C13H16N4OS/c18-13(11-1-4-15-16-11)14-5-7-17-6-2-12-10(9-17)3-8-19-12/h1,3-4,8H,2,5-7,9H2,(H,14,18)(H,15,16). The Kier molecular flexibility index (Phi) is 3.61. The number of thiophene rings is 1. The first-order valence-electron chi connectivity index (χ1n) is 6.38. The molecule has 5 nitrogen and oxygen atoms in total. The van der Waals surface area contributed by atoms with Crippen molar-refractivity contribution >= 4 is 17.2 Å². The number of carbonyl (C=O) groups excluding carboxylic acids is 1. The van der Waals surface area contributed by atoms with Crippen LogP contribution in [0.1, 0.15) is 20.9 Å². The van der Waals surface area contributed by atoms with E-state index < -0.39 is 0 Å². The maximum atomic E-state index is 11.7. The van der Waals surface area contributed by atoms with Crippen molar-refractivity contribution in [1.82, 2.24) is 20.4 Å². The number of rotatable bonds is 4. The average Bonchev–Trinajstić information content (AvgIpc) is 3.09. The van der Waals surface area contributed by atoms with Gasteiger partial charge < -0.3 is 5.32 Å². The Bertz CT molecular complexity index is 549. The molecule has 0 atom stereocenters. The van der Waals surface area contributed by atoms with Crippen LogP contribution in [0.2, 0.25) is 0 Å². The third-order valence-electron chi connectivity index (χ3n) is 3.35. The zero-order valence-electron chi connectivity index (χ0n) is 10.6. The smallest absolute Gasteiger partial charge is 0.269 e. The molecule has 3 heterocycles. The molecule has 1 amide bonds. The number of H-pyrrole nitrogens is 1. The van der Waals surface area contributed by atoms with E-state index in [-0.39, 0.29) is 5.91 Å². The lowest BCUT2D eigenvalue weighted by Gasteiger charge is -2.26. The number of aromatic amines is 1. The van der Waals surface area contributed by atoms with Gasteiger partial charge in [0.15, 0.2) is 0 Å². The van der Waals surface area contributed by atoms with Crippen LogP contribution < -0.4 is 5.32 Å². The Labute approximate surface area is 115 Å². The van der Waals surface area contributed by atoms with Crippen LogP contribution in [0.15, 0.2) is 23.7 Å². The minimum absolute atomic E-state index is 0.0919. The molecule has 0 unspecified atom stereocenters. The maximum absolute atomic E-state index is 11.7. The van der Waals surface area contributed by atoms with E-state index in [1.807, 2.05) is 11.3 Å². The van der Waals surface area contributed by atoms with Gasteiger partial charge in [0.1, 0.15) is 5.69 Å². The Morgan fingerprint density at radius 3 is 3.32 bits per heavy atom. The molecule has 3 rings (SSSR count). The van der Waals surface area contributed by atoms with E-state index in [0.29, 0.717) is 12.2 Å². The number of nitrogens with one attached hydrogen (secondary N) is 2. The maximum Gasteiger partial charge on any atom is 0.269 e. The normalized spacial score (nSPS) is 15.2. The summed E-state index contributed by atoms with van der Waals surface area (Å²) in [5.41, 5.74) is 1.95. The summed E-state index contributed by atoms with van der Waals surface area (Å²) in [6.07, 6.45) is 2.71. The average molecular weight is 276 g/mol. The molecule has 0 saturated carbocycles. The lowest BCUT2D eigenvalue weighted by molar-refractivity contribution is 0.0942. The van der Waals surface area contributed by atoms with Crippen molar-refractivity contribution in [2.75, 3.05) is 19.6 Å². The summed E-state index contributed by atoms with van der Waals surface area (Å²) in [6, 6.07) is 3.88. The van der Waals surface area contributed by atoms with Crippen LogP contribution >= 0.6 is 11.3 Å². The highest BCUT2D eigenvalue weighted by atomic mass is 32.1. The third kappa shape index (κ3) is 2.85. The van der Waals surface area contributed by atoms with Gasteiger partial charge in [-0.1, -0.05) is 0 Å². The van der Waals surface area contributed by atoms with E-state index in [1.165, 1.54) is 10.4 Å². The Morgan fingerprint density at radius 2 is 2.47 bits per heavy atom. The Hall–Kier alpha value is -1.66. The summed E-state index contributed by atoms with van der Waals surface area (Å²) in [7, 11) is 0. The molecule has 19 heavy (non-hydrogen) atoms. The summed E-state index contributed by atoms with van der Waals surface area (Å²) in [5, 5.41) is 11.5. The number of hydrogen-bond acceptors (Lipinski definition) is 4. The zero-order valence-corrected chi connectivity index (χ0v) is 11.4. The van der Waals surface area contributed by atoms with E-state index in [9.17, 15) is 4.79 Å². The fourth-order valence-electron chi connectivity index (χ4n) is 2.30. The van der Waals surface area contributed by atoms with Gasteiger partial charge in [0.2, 0.25) is 0 Å². The first-order chi connectivity index (χ1) is 9.33. The lowest BCUT2D eigenvalue weighted by Crippen LogP contribution is -2.37. The second kappa shape index (κ2) is 5.54. The summed E-state index contributed by atoms with van der Waals surface area (Å²) in [4.78, 5) is 15.6. The molecule has 1 aliphatic rings. The van der Waals surface area contributed by atoms with Gasteiger partial charge in [-0.05, 0) is 29.5 Å². The van der Waals surface area contributed by atoms with Crippen LogP contribution in [0.5, 0.6) is 0 Å². The van der Waals surface area contributed by atoms with Crippen LogP contribution in [0.3, 0.4) is 0 Å². The highest BCUT2D eigenvalue weighted by molar-refractivity contribution is 7.10. The van der Waals surface area contributed by atoms with Crippen LogP contribution in [0.4, 0.5) is 0 Å². The highest BCUT2D eigenvalue weighted by Gasteiger charge is 2.16. The molecule has 6 heteroatoms. The van der Waals surface area contributed by atoms with Crippen molar-refractivity contribution in [2.24, 2.45) is 0 Å². The Balaban J connectivity index is 1.45. The van der Waals surface area contributed by atoms with Gasteiger partial charge in [-0.25, -0.2) is 0 Å². The molecule has 2 aromatic rings. The molecule has 0 spiro atoms. The van der Waals surface area contributed by atoms with Crippen molar-refractivity contribution < 1.29 is 4.79 Å². The topological polar surface area (TPSA) is 61.0 Å². The summed E-state index contributed by atoms with van der Waals surface area (Å²) in [6.45, 7) is 3.62. The first-order valence-corrected chi connectivity index (χ1v) is 7.26. The van der Waals surface area contributed by atoms with Gasteiger partial charge in [-0.2, -0.15) is 5.10 Å². The van der Waals surface area contributed by atoms with Crippen LogP contribution in [0, 0.1) is 0 Å². The summed E-state index contributed by atoms with van der Waals surface area (Å²) < 4.78 is 0. The van der Waals surface area contributed by atoms with Gasteiger partial charge in [-0.3, -0.25) is 14.8 Å². The van der Waals surface area contributed by atoms with Gasteiger partial charge in [0, 0.05) is 37.3 Å². The largest absolute Gasteiger partial charge is 0.349 e. The number of nitrogens with zero attached hydrogens (tertiary/aromatic N) is 2. The summed E-state index contributed by atoms with van der Waals surface area (Å²) >= 11 is 1.85. The highest BCUT2D eigenvalue weighted by Crippen LogP contribution is 2.23. The molecule has 0 radical (unpaired) electrons. The first kappa shape index (κ1) is 12.4. The number of aromatic nitrogens is 2. The predicted octanol–water partition coefficient (Wildman–Crippen LogP) is 1.26. The van der Waals surface area contributed by atoms with Crippen molar-refractivity contribution in [3.63, 3.8) is 0 Å². The van der Waals surface area contributed by atoms with Crippen LogP contribution in [-0.2, 0) is 13.0 Å². The SMILES string of the molecule is O=C(NCCN1CCc2sccc2C1)c1ccn[nH]1. The molecule has 0 fully saturated rings. The van der Waals surface area contributed by atoms with Gasteiger partial charge in [-0.15, -0.1) is 11.3 Å². The molecule has 2 N–H and O–H groups in total. The van der Waals surface area contributed by atoms with Crippen molar-refractivity contribution in [3.05, 3.63) is 39.8 Å². The quantitative estimate of drug-likeness (QED) is 0.884. The molecule has 0 aromatic carbocycles. The van der Waals surface area contributed by atoms with Crippen molar-refractivity contribution in [2.45, 2.75) is 13.0 Å². The molecule has 0 bridgehead atoms. The van der Waals surface area contributed by atoms with Crippen LogP contribution in [-0.4, -0.2) is 40.6 Å². The lowest BCUT2D eigenvalue weighted by atomic mass is 10.1. The molecule has 0 saturated heterocycles. The molecule has 2 aromatic heterocycles. The second-order valence-electron chi connectivity index (χ2n) is 4.62. The number of fused-ring (bicyclic) bond motifs is 1. The molecule has 1 aliphatic heterocycles. The predicted molar refractivity (Wildman–Crippen MR) is 74.2 cm³/mol. The van der Waals surface area contributed by atoms with E-state index in [0.717, 1.165) is 26.1 Å². The number of carbonyl (C=O) groups is 1. The molecule has 100 valence electrons. The third-order valence-corrected chi connectivity index (χ3v) is 4.37. The zero-order chi connectivity index (χ0) is 13.1. The fraction of sp³-hybridized carbons (Fsp3) is 0.385. The molecular weight excluding hydrogens is 260 g/mol. The van der Waals surface area contributed by atoms with Crippen molar-refractivity contribution in [3.8, 4) is 0 Å². The number of hydrogen-bond donors (Lipinski definition) is 2. The van der Waals surface area contributed by atoms with E-state index in [2.05, 4.69) is 31.9 Å². The summed E-state index contributed by atoms with van der Waals surface area (Å²) in [5.74, 6) is -0.0919. The number of amides is 1. The fourth-order valence-corrected chi connectivity index (χ4v) is 3.19. The van der Waals surface area contributed by atoms with Gasteiger partial charge >= 0.3 is 0 Å². The Morgan fingerprint density at radius 1 is 1.53 bits per heavy atom. The molecular formula is C13H16N4OS. The minimum atomic E-state index is -0.0919. The molecule has 0 aliphatic carbocycles. The van der Waals surface area contributed by atoms with E-state index in [4.69, 9.17) is 0 Å². The van der Waals surface area contributed by atoms with Gasteiger partial charge in [0.05, 0.1) is 0 Å². The van der Waals surface area contributed by atoms with E-state index in [1.54, 1.807) is 12.3 Å². The van der Waals surface area contributed by atoms with Crippen LogP contribution in [0.25, 0.3) is 0 Å². The van der Waals surface area contributed by atoms with E-state index >= 15 is 0 Å². The monoisotopic (exact) mass is 276 g/mol. The van der Waals surface area contributed by atoms with Gasteiger partial charge in [0.25, 0.3) is 5.91 Å². The second-order valence-corrected chi connectivity index (χ2v) is 5.62. The van der Waals surface area contributed by atoms with Crippen molar-refractivity contribution in [1.29, 1.82) is 0 Å². The minimum Gasteiger partial charge on any atom is -0.349 e.